The Morgan fingerprint density at radius 1 is 1.12 bits per heavy atom. The van der Waals surface area contributed by atoms with E-state index < -0.39 is 5.97 Å². The normalized spacial score (nSPS) is 24.8. The minimum atomic E-state index is -0.845. The number of hydrogen-bond acceptors (Lipinski definition) is 3. The Balaban J connectivity index is 0.000000325. The fourth-order valence-electron chi connectivity index (χ4n) is 1.72. The highest BCUT2D eigenvalue weighted by molar-refractivity contribution is 5.85. The van der Waals surface area contributed by atoms with E-state index in [0.717, 1.165) is 25.7 Å². The third-order valence-corrected chi connectivity index (χ3v) is 3.25. The van der Waals surface area contributed by atoms with E-state index in [2.05, 4.69) is 0 Å². The van der Waals surface area contributed by atoms with E-state index in [1.165, 1.54) is 0 Å². The lowest BCUT2D eigenvalue weighted by atomic mass is 9.83. The Morgan fingerprint density at radius 3 is 1.59 bits per heavy atom. The minimum Gasteiger partial charge on any atom is -0.478 e. The molecule has 100 valence electrons. The maximum Gasteiger partial charge on any atom is 0.330 e. The molecule has 0 aromatic rings. The Bertz CT molecular complexity index is 228. The van der Waals surface area contributed by atoms with E-state index in [1.807, 2.05) is 0 Å². The van der Waals surface area contributed by atoms with Gasteiger partial charge in [0.2, 0.25) is 0 Å². The van der Waals surface area contributed by atoms with Gasteiger partial charge < -0.3 is 15.3 Å². The molecule has 3 N–H and O–H groups in total. The maximum absolute atomic E-state index is 9.86. The molecular formula is C13H24O4. The van der Waals surface area contributed by atoms with Gasteiger partial charge in [0, 0.05) is 18.8 Å². The second kappa shape index (κ2) is 9.19. The number of carbonyl (C=O) groups is 1. The molecule has 1 fully saturated rings. The van der Waals surface area contributed by atoms with Crippen LogP contribution in [0.15, 0.2) is 11.6 Å². The standard InChI is InChI=1S/C8H16O2.C5H8O2/c9-5-7-1-2-8(6-10)4-3-7;1-3-4(2)5(6)7/h7-10H,1-6H2;3H,1-2H3,(H,6,7). The van der Waals surface area contributed by atoms with Crippen LogP contribution in [-0.4, -0.2) is 34.5 Å². The van der Waals surface area contributed by atoms with Gasteiger partial charge in [-0.2, -0.15) is 0 Å². The van der Waals surface area contributed by atoms with Crippen LogP contribution in [0, 0.1) is 11.8 Å². The summed E-state index contributed by atoms with van der Waals surface area (Å²) in [7, 11) is 0. The van der Waals surface area contributed by atoms with E-state index >= 15 is 0 Å². The minimum absolute atomic E-state index is 0.331. The van der Waals surface area contributed by atoms with Gasteiger partial charge in [0.25, 0.3) is 0 Å². The van der Waals surface area contributed by atoms with E-state index in [9.17, 15) is 4.79 Å². The third-order valence-electron chi connectivity index (χ3n) is 3.25. The van der Waals surface area contributed by atoms with Gasteiger partial charge in [0.15, 0.2) is 0 Å². The zero-order chi connectivity index (χ0) is 13.3. The lowest BCUT2D eigenvalue weighted by Crippen LogP contribution is -2.19. The molecule has 1 aliphatic rings. The maximum atomic E-state index is 9.86. The first-order valence-corrected chi connectivity index (χ1v) is 6.13. The van der Waals surface area contributed by atoms with E-state index in [1.54, 1.807) is 19.9 Å². The topological polar surface area (TPSA) is 77.8 Å². The predicted molar refractivity (Wildman–Crippen MR) is 66.7 cm³/mol. The number of carboxylic acid groups (broad SMARTS) is 1. The molecule has 0 aromatic heterocycles. The summed E-state index contributed by atoms with van der Waals surface area (Å²) >= 11 is 0. The van der Waals surface area contributed by atoms with Gasteiger partial charge in [-0.15, -0.1) is 0 Å². The Labute approximate surface area is 103 Å². The van der Waals surface area contributed by atoms with Crippen molar-refractivity contribution in [2.45, 2.75) is 39.5 Å². The van der Waals surface area contributed by atoms with Gasteiger partial charge >= 0.3 is 5.97 Å². The first kappa shape index (κ1) is 16.1. The van der Waals surface area contributed by atoms with E-state index in [-0.39, 0.29) is 0 Å². The molecule has 0 bridgehead atoms. The van der Waals surface area contributed by atoms with E-state index in [4.69, 9.17) is 15.3 Å². The largest absolute Gasteiger partial charge is 0.478 e. The molecule has 4 heteroatoms. The summed E-state index contributed by atoms with van der Waals surface area (Å²) in [5.74, 6) is 0.188. The Hall–Kier alpha value is -0.870. The fourth-order valence-corrected chi connectivity index (χ4v) is 1.72. The average molecular weight is 244 g/mol. The number of carboxylic acids is 1. The summed E-state index contributed by atoms with van der Waals surface area (Å²) in [6.07, 6.45) is 5.95. The van der Waals surface area contributed by atoms with Crippen molar-refractivity contribution in [3.63, 3.8) is 0 Å². The monoisotopic (exact) mass is 244 g/mol. The third kappa shape index (κ3) is 7.13. The molecule has 0 aromatic carbocycles. The summed E-state index contributed by atoms with van der Waals surface area (Å²) in [5.41, 5.74) is 0.389. The summed E-state index contributed by atoms with van der Waals surface area (Å²) in [4.78, 5) is 9.86. The summed E-state index contributed by atoms with van der Waals surface area (Å²) in [6, 6.07) is 0. The second-order valence-corrected chi connectivity index (χ2v) is 4.53. The lowest BCUT2D eigenvalue weighted by Gasteiger charge is -2.25. The molecule has 0 unspecified atom stereocenters. The first-order chi connectivity index (χ1) is 8.04. The van der Waals surface area contributed by atoms with Crippen molar-refractivity contribution in [2.24, 2.45) is 11.8 Å². The SMILES string of the molecule is CC=C(C)C(=O)O.OCC1CCC(CO)CC1. The van der Waals surface area contributed by atoms with Crippen LogP contribution in [-0.2, 0) is 4.79 Å². The van der Waals surface area contributed by atoms with Crippen molar-refractivity contribution >= 4 is 5.97 Å². The highest BCUT2D eigenvalue weighted by Crippen LogP contribution is 2.27. The first-order valence-electron chi connectivity index (χ1n) is 6.13. The molecule has 1 saturated carbocycles. The Morgan fingerprint density at radius 2 is 1.47 bits per heavy atom. The molecule has 0 atom stereocenters. The van der Waals surface area contributed by atoms with Gasteiger partial charge in [0.1, 0.15) is 0 Å². The number of hydrogen-bond donors (Lipinski definition) is 3. The van der Waals surface area contributed by atoms with Crippen molar-refractivity contribution in [2.75, 3.05) is 13.2 Å². The Kier molecular flexibility index (Phi) is 8.72. The van der Waals surface area contributed by atoms with Crippen LogP contribution < -0.4 is 0 Å². The number of aliphatic carboxylic acids is 1. The van der Waals surface area contributed by atoms with Crippen molar-refractivity contribution in [3.8, 4) is 0 Å². The van der Waals surface area contributed by atoms with Gasteiger partial charge in [-0.05, 0) is 51.4 Å². The van der Waals surface area contributed by atoms with Crippen molar-refractivity contribution in [1.29, 1.82) is 0 Å². The number of rotatable bonds is 3. The van der Waals surface area contributed by atoms with Crippen molar-refractivity contribution in [3.05, 3.63) is 11.6 Å². The fraction of sp³-hybridized carbons (Fsp3) is 0.769. The zero-order valence-corrected chi connectivity index (χ0v) is 10.7. The van der Waals surface area contributed by atoms with E-state index in [0.29, 0.717) is 30.6 Å². The molecule has 0 radical (unpaired) electrons. The van der Waals surface area contributed by atoms with Gasteiger partial charge in [-0.3, -0.25) is 0 Å². The van der Waals surface area contributed by atoms with Crippen LogP contribution in [0.3, 0.4) is 0 Å². The molecule has 1 rings (SSSR count). The van der Waals surface area contributed by atoms with Gasteiger partial charge in [-0.1, -0.05) is 6.08 Å². The molecule has 0 saturated heterocycles. The predicted octanol–water partition coefficient (Wildman–Crippen LogP) is 1.81. The molecule has 0 heterocycles. The second-order valence-electron chi connectivity index (χ2n) is 4.53. The van der Waals surface area contributed by atoms with Crippen LogP contribution in [0.1, 0.15) is 39.5 Å². The smallest absolute Gasteiger partial charge is 0.330 e. The quantitative estimate of drug-likeness (QED) is 0.662. The molecule has 4 nitrogen and oxygen atoms in total. The number of allylic oxidation sites excluding steroid dienone is 1. The summed E-state index contributed by atoms with van der Waals surface area (Å²) in [5, 5.41) is 25.7. The zero-order valence-electron chi connectivity index (χ0n) is 10.7. The van der Waals surface area contributed by atoms with Gasteiger partial charge in [-0.25, -0.2) is 4.79 Å². The number of aliphatic hydroxyl groups excluding tert-OH is 2. The molecule has 0 amide bonds. The summed E-state index contributed by atoms with van der Waals surface area (Å²) < 4.78 is 0. The van der Waals surface area contributed by atoms with Gasteiger partial charge in [0.05, 0.1) is 0 Å². The lowest BCUT2D eigenvalue weighted by molar-refractivity contribution is -0.132. The molecule has 0 aliphatic heterocycles. The van der Waals surface area contributed by atoms with Crippen molar-refractivity contribution in [1.82, 2.24) is 0 Å². The number of aliphatic hydroxyl groups is 2. The van der Waals surface area contributed by atoms with Crippen LogP contribution in [0.5, 0.6) is 0 Å². The average Bonchev–Trinajstić information content (AvgIpc) is 2.38. The van der Waals surface area contributed by atoms with Crippen molar-refractivity contribution < 1.29 is 20.1 Å². The molecule has 1 aliphatic carbocycles. The molecular weight excluding hydrogens is 220 g/mol. The molecule has 17 heavy (non-hydrogen) atoms. The highest BCUT2D eigenvalue weighted by atomic mass is 16.4. The van der Waals surface area contributed by atoms with Crippen LogP contribution >= 0.6 is 0 Å². The summed E-state index contributed by atoms with van der Waals surface area (Å²) in [6.45, 7) is 3.92. The molecule has 0 spiro atoms. The van der Waals surface area contributed by atoms with Crippen LogP contribution in [0.25, 0.3) is 0 Å². The highest BCUT2D eigenvalue weighted by Gasteiger charge is 2.19. The van der Waals surface area contributed by atoms with Crippen LogP contribution in [0.2, 0.25) is 0 Å². The van der Waals surface area contributed by atoms with Crippen LogP contribution in [0.4, 0.5) is 0 Å².